The minimum absolute atomic E-state index is 0.489. The van der Waals surface area contributed by atoms with E-state index in [0.717, 1.165) is 5.92 Å². The van der Waals surface area contributed by atoms with Gasteiger partial charge < -0.3 is 0 Å². The van der Waals surface area contributed by atoms with Crippen molar-refractivity contribution in [2.75, 3.05) is 18.5 Å². The molecule has 1 aliphatic heterocycles. The first kappa shape index (κ1) is 8.53. The van der Waals surface area contributed by atoms with Gasteiger partial charge in [0.15, 0.2) is 0 Å². The Hall–Kier alpha value is 0.430. The third kappa shape index (κ3) is 3.01. The molecule has 0 spiro atoms. The number of hydrogen-bond acceptors (Lipinski definition) is 0. The summed E-state index contributed by atoms with van der Waals surface area (Å²) in [6.07, 6.45) is 9.25. The second-order valence-electron chi connectivity index (χ2n) is 3.76. The molecule has 0 bridgehead atoms. The van der Waals surface area contributed by atoms with E-state index in [1.54, 1.807) is 12.3 Å². The quantitative estimate of drug-likeness (QED) is 0.541. The molecule has 0 aliphatic carbocycles. The summed E-state index contributed by atoms with van der Waals surface area (Å²) < 4.78 is 0. The minimum atomic E-state index is 0.489. The predicted molar refractivity (Wildman–Crippen MR) is 50.2 cm³/mol. The van der Waals surface area contributed by atoms with Gasteiger partial charge in [-0.1, -0.05) is 20.3 Å². The molecule has 0 N–H and O–H groups in total. The molecule has 60 valence electrons. The SMILES string of the molecule is CC(C)CP1CCCCC1. The second-order valence-corrected chi connectivity index (χ2v) is 6.36. The van der Waals surface area contributed by atoms with E-state index in [1.807, 2.05) is 0 Å². The largest absolute Gasteiger partial charge is 0.106 e. The van der Waals surface area contributed by atoms with E-state index in [9.17, 15) is 0 Å². The van der Waals surface area contributed by atoms with E-state index in [4.69, 9.17) is 0 Å². The zero-order valence-corrected chi connectivity index (χ0v) is 8.16. The summed E-state index contributed by atoms with van der Waals surface area (Å²) in [7, 11) is 0.489. The van der Waals surface area contributed by atoms with Crippen molar-refractivity contribution in [3.8, 4) is 0 Å². The van der Waals surface area contributed by atoms with Crippen molar-refractivity contribution in [1.82, 2.24) is 0 Å². The molecular formula is C9H19P. The van der Waals surface area contributed by atoms with E-state index in [2.05, 4.69) is 13.8 Å². The van der Waals surface area contributed by atoms with Gasteiger partial charge in [-0.2, -0.15) is 0 Å². The summed E-state index contributed by atoms with van der Waals surface area (Å²) >= 11 is 0. The standard InChI is InChI=1S/C9H19P/c1-9(2)8-10-6-4-3-5-7-10/h9H,3-8H2,1-2H3. The lowest BCUT2D eigenvalue weighted by atomic mass is 10.3. The summed E-state index contributed by atoms with van der Waals surface area (Å²) in [5.41, 5.74) is 0. The summed E-state index contributed by atoms with van der Waals surface area (Å²) in [6.45, 7) is 4.72. The van der Waals surface area contributed by atoms with Gasteiger partial charge >= 0.3 is 0 Å². The van der Waals surface area contributed by atoms with Crippen LogP contribution in [0.2, 0.25) is 0 Å². The molecule has 1 heteroatoms. The van der Waals surface area contributed by atoms with Gasteiger partial charge in [-0.3, -0.25) is 0 Å². The molecular weight excluding hydrogens is 139 g/mol. The van der Waals surface area contributed by atoms with Crippen LogP contribution in [0.5, 0.6) is 0 Å². The van der Waals surface area contributed by atoms with E-state index < -0.39 is 0 Å². The van der Waals surface area contributed by atoms with Crippen molar-refractivity contribution in [2.24, 2.45) is 5.92 Å². The Morgan fingerprint density at radius 1 is 1.10 bits per heavy atom. The molecule has 0 amide bonds. The normalized spacial score (nSPS) is 21.9. The Bertz CT molecular complexity index is 82.7. The average molecular weight is 158 g/mol. The maximum Gasteiger partial charge on any atom is -0.0303 e. The fourth-order valence-electron chi connectivity index (χ4n) is 1.66. The van der Waals surface area contributed by atoms with Crippen LogP contribution in [0.1, 0.15) is 33.1 Å². The van der Waals surface area contributed by atoms with Gasteiger partial charge in [0.05, 0.1) is 0 Å². The molecule has 0 atom stereocenters. The highest BCUT2D eigenvalue weighted by Gasteiger charge is 2.12. The molecule has 1 aliphatic rings. The maximum atomic E-state index is 2.36. The molecule has 0 nitrogen and oxygen atoms in total. The van der Waals surface area contributed by atoms with E-state index in [0.29, 0.717) is 7.92 Å². The van der Waals surface area contributed by atoms with Gasteiger partial charge in [-0.25, -0.2) is 0 Å². The highest BCUT2D eigenvalue weighted by Crippen LogP contribution is 2.42. The Labute approximate surface area is 66.2 Å². The maximum absolute atomic E-state index is 2.36. The van der Waals surface area contributed by atoms with Crippen molar-refractivity contribution < 1.29 is 0 Å². The third-order valence-corrected chi connectivity index (χ3v) is 5.22. The van der Waals surface area contributed by atoms with E-state index >= 15 is 0 Å². The van der Waals surface area contributed by atoms with Crippen molar-refractivity contribution in [3.05, 3.63) is 0 Å². The van der Waals surface area contributed by atoms with Crippen LogP contribution < -0.4 is 0 Å². The lowest BCUT2D eigenvalue weighted by Crippen LogP contribution is -2.05. The first-order valence-electron chi connectivity index (χ1n) is 4.51. The molecule has 0 radical (unpaired) electrons. The van der Waals surface area contributed by atoms with Crippen LogP contribution in [0, 0.1) is 5.92 Å². The van der Waals surface area contributed by atoms with Crippen LogP contribution in [0.4, 0.5) is 0 Å². The monoisotopic (exact) mass is 158 g/mol. The van der Waals surface area contributed by atoms with Crippen molar-refractivity contribution in [1.29, 1.82) is 0 Å². The van der Waals surface area contributed by atoms with Gasteiger partial charge in [-0.05, 0) is 37.2 Å². The molecule has 0 unspecified atom stereocenters. The van der Waals surface area contributed by atoms with Gasteiger partial charge in [0.2, 0.25) is 0 Å². The van der Waals surface area contributed by atoms with Crippen molar-refractivity contribution in [3.63, 3.8) is 0 Å². The minimum Gasteiger partial charge on any atom is -0.106 e. The molecule has 1 rings (SSSR count). The predicted octanol–water partition coefficient (Wildman–Crippen LogP) is 3.31. The van der Waals surface area contributed by atoms with Crippen molar-refractivity contribution >= 4 is 7.92 Å². The zero-order chi connectivity index (χ0) is 7.40. The first-order valence-corrected chi connectivity index (χ1v) is 6.41. The molecule has 0 aromatic heterocycles. The smallest absolute Gasteiger partial charge is 0.0303 e. The third-order valence-electron chi connectivity index (χ3n) is 2.07. The second kappa shape index (κ2) is 4.34. The molecule has 1 heterocycles. The van der Waals surface area contributed by atoms with Gasteiger partial charge in [0, 0.05) is 0 Å². The van der Waals surface area contributed by atoms with Crippen LogP contribution >= 0.6 is 7.92 Å². The first-order chi connectivity index (χ1) is 4.79. The summed E-state index contributed by atoms with van der Waals surface area (Å²) in [5, 5.41) is 0. The lowest BCUT2D eigenvalue weighted by molar-refractivity contribution is 0.714. The van der Waals surface area contributed by atoms with Gasteiger partial charge in [0.25, 0.3) is 0 Å². The van der Waals surface area contributed by atoms with Crippen LogP contribution in [-0.4, -0.2) is 18.5 Å². The summed E-state index contributed by atoms with van der Waals surface area (Å²) in [6, 6.07) is 0. The molecule has 0 saturated carbocycles. The topological polar surface area (TPSA) is 0 Å². The number of hydrogen-bond donors (Lipinski definition) is 0. The highest BCUT2D eigenvalue weighted by molar-refractivity contribution is 7.57. The van der Waals surface area contributed by atoms with Crippen molar-refractivity contribution in [2.45, 2.75) is 33.1 Å². The summed E-state index contributed by atoms with van der Waals surface area (Å²) in [4.78, 5) is 0. The molecule has 10 heavy (non-hydrogen) atoms. The molecule has 1 saturated heterocycles. The zero-order valence-electron chi connectivity index (χ0n) is 7.27. The van der Waals surface area contributed by atoms with Crippen LogP contribution in [0.15, 0.2) is 0 Å². The average Bonchev–Trinajstić information content (AvgIpc) is 1.88. The Kier molecular flexibility index (Phi) is 3.70. The van der Waals surface area contributed by atoms with Crippen LogP contribution in [0.3, 0.4) is 0 Å². The van der Waals surface area contributed by atoms with E-state index in [-0.39, 0.29) is 0 Å². The van der Waals surface area contributed by atoms with Gasteiger partial charge in [-0.15, -0.1) is 7.92 Å². The highest BCUT2D eigenvalue weighted by atomic mass is 31.1. The lowest BCUT2D eigenvalue weighted by Gasteiger charge is -2.23. The van der Waals surface area contributed by atoms with Crippen LogP contribution in [-0.2, 0) is 0 Å². The Morgan fingerprint density at radius 2 is 1.70 bits per heavy atom. The molecule has 0 aromatic carbocycles. The Morgan fingerprint density at radius 3 is 2.20 bits per heavy atom. The molecule has 0 aromatic rings. The van der Waals surface area contributed by atoms with Gasteiger partial charge in [0.1, 0.15) is 0 Å². The fraction of sp³-hybridized carbons (Fsp3) is 1.00. The Balaban J connectivity index is 2.13. The van der Waals surface area contributed by atoms with Crippen LogP contribution in [0.25, 0.3) is 0 Å². The van der Waals surface area contributed by atoms with E-state index in [1.165, 1.54) is 25.4 Å². The molecule has 1 fully saturated rings. The fourth-order valence-corrected chi connectivity index (χ4v) is 4.62. The summed E-state index contributed by atoms with van der Waals surface area (Å²) in [5.74, 6) is 0.948. The number of rotatable bonds is 2.